The quantitative estimate of drug-likeness (QED) is 0.152. The van der Waals surface area contributed by atoms with Gasteiger partial charge in [-0.2, -0.15) is 0 Å². The maximum absolute atomic E-state index is 2.40. The first-order chi connectivity index (χ1) is 18.9. The molecule has 0 radical (unpaired) electrons. The van der Waals surface area contributed by atoms with Crippen LogP contribution >= 0.6 is 0 Å². The van der Waals surface area contributed by atoms with E-state index in [1.54, 1.807) is 5.57 Å². The fourth-order valence-corrected chi connectivity index (χ4v) is 4.84. The predicted octanol–water partition coefficient (Wildman–Crippen LogP) is 13.0. The van der Waals surface area contributed by atoms with Crippen molar-refractivity contribution in [3.63, 3.8) is 0 Å². The van der Waals surface area contributed by atoms with Gasteiger partial charge in [0.1, 0.15) is 0 Å². The highest BCUT2D eigenvalue weighted by Crippen LogP contribution is 2.40. The maximum atomic E-state index is 2.40. The van der Waals surface area contributed by atoms with Crippen LogP contribution in [0.4, 0.5) is 0 Å². The Balaban J connectivity index is 2.52. The van der Waals surface area contributed by atoms with Crippen molar-refractivity contribution in [2.45, 2.75) is 114 Å². The smallest absolute Gasteiger partial charge is 0.0104 e. The lowest BCUT2D eigenvalue weighted by molar-refractivity contribution is 0.377. The van der Waals surface area contributed by atoms with E-state index in [-0.39, 0.29) is 0 Å². The molecule has 1 aliphatic rings. The Hall–Kier alpha value is -2.86. The molecule has 218 valence electrons. The number of allylic oxidation sites excluding steroid dienone is 22. The van der Waals surface area contributed by atoms with E-state index in [0.717, 1.165) is 19.3 Å². The van der Waals surface area contributed by atoms with Crippen molar-refractivity contribution < 1.29 is 0 Å². The third kappa shape index (κ3) is 16.3. The van der Waals surface area contributed by atoms with Gasteiger partial charge in [-0.1, -0.05) is 138 Å². The highest BCUT2D eigenvalue weighted by molar-refractivity contribution is 5.37. The summed E-state index contributed by atoms with van der Waals surface area (Å²) < 4.78 is 0. The molecular formula is C40H58. The minimum atomic E-state index is 0.292. The van der Waals surface area contributed by atoms with Crippen molar-refractivity contribution in [2.75, 3.05) is 0 Å². The van der Waals surface area contributed by atoms with Crippen LogP contribution in [-0.4, -0.2) is 0 Å². The van der Waals surface area contributed by atoms with Gasteiger partial charge in [0.25, 0.3) is 0 Å². The zero-order chi connectivity index (χ0) is 30.0. The summed E-state index contributed by atoms with van der Waals surface area (Å²) in [5.74, 6) is 0. The van der Waals surface area contributed by atoms with Gasteiger partial charge in [-0.05, 0) is 111 Å². The molecule has 0 heteroatoms. The Morgan fingerprint density at radius 3 is 1.77 bits per heavy atom. The van der Waals surface area contributed by atoms with E-state index in [4.69, 9.17) is 0 Å². The zero-order valence-electron chi connectivity index (χ0n) is 27.5. The Labute approximate surface area is 248 Å². The van der Waals surface area contributed by atoms with Crippen molar-refractivity contribution in [1.29, 1.82) is 0 Å². The van der Waals surface area contributed by atoms with Crippen LogP contribution in [0.1, 0.15) is 114 Å². The Morgan fingerprint density at radius 1 is 0.650 bits per heavy atom. The van der Waals surface area contributed by atoms with Crippen molar-refractivity contribution in [3.8, 4) is 0 Å². The standard InChI is InChI=1S/C40H58/c1-32(2)18-13-21-35(5)24-15-26-36(6)25-14-22-33(3)19-11-12-20-34(4)23-16-27-37(7)29-30-39-38(8)28-17-31-40(39,9)10/h11-12,14,16,18-20,22-25,27,29-30H,13,15,17,21,26,28,31H2,1-10H3. The number of hydrogen-bond acceptors (Lipinski definition) is 0. The van der Waals surface area contributed by atoms with E-state index in [0.29, 0.717) is 5.41 Å². The predicted molar refractivity (Wildman–Crippen MR) is 184 cm³/mol. The lowest BCUT2D eigenvalue weighted by atomic mass is 9.72. The van der Waals surface area contributed by atoms with Crippen molar-refractivity contribution in [3.05, 3.63) is 130 Å². The van der Waals surface area contributed by atoms with Crippen LogP contribution in [0.15, 0.2) is 130 Å². The van der Waals surface area contributed by atoms with Crippen LogP contribution in [0.3, 0.4) is 0 Å². The van der Waals surface area contributed by atoms with Crippen LogP contribution < -0.4 is 0 Å². The summed E-state index contributed by atoms with van der Waals surface area (Å²) >= 11 is 0. The fourth-order valence-electron chi connectivity index (χ4n) is 4.84. The Kier molecular flexibility index (Phi) is 16.9. The summed E-state index contributed by atoms with van der Waals surface area (Å²) in [4.78, 5) is 0. The molecule has 0 atom stereocenters. The van der Waals surface area contributed by atoms with Gasteiger partial charge in [-0.15, -0.1) is 0 Å². The topological polar surface area (TPSA) is 0 Å². The summed E-state index contributed by atoms with van der Waals surface area (Å²) in [6.07, 6.45) is 39.3. The lowest BCUT2D eigenvalue weighted by Gasteiger charge is -2.32. The van der Waals surface area contributed by atoms with Crippen molar-refractivity contribution in [2.24, 2.45) is 5.41 Å². The monoisotopic (exact) mass is 538 g/mol. The van der Waals surface area contributed by atoms with Crippen LogP contribution in [0.5, 0.6) is 0 Å². The van der Waals surface area contributed by atoms with Crippen molar-refractivity contribution in [1.82, 2.24) is 0 Å². The van der Waals surface area contributed by atoms with Crippen LogP contribution in [0, 0.1) is 5.41 Å². The molecule has 0 bridgehead atoms. The summed E-state index contributed by atoms with van der Waals surface area (Å²) in [5, 5.41) is 0. The molecule has 0 aromatic rings. The summed E-state index contributed by atoms with van der Waals surface area (Å²) in [6, 6.07) is 0. The van der Waals surface area contributed by atoms with Gasteiger partial charge in [0.2, 0.25) is 0 Å². The minimum absolute atomic E-state index is 0.292. The van der Waals surface area contributed by atoms with Gasteiger partial charge in [-0.3, -0.25) is 0 Å². The first-order valence-electron chi connectivity index (χ1n) is 15.3. The SMILES string of the molecule is CC(C)=CCCC(C)=CCCC(C)=CC=CC(C)=CC=CC=C(C)C=CC=C(C)C=CC1=C(C)CCCC1(C)C. The first-order valence-corrected chi connectivity index (χ1v) is 15.3. The third-order valence-corrected chi connectivity index (χ3v) is 7.47. The summed E-state index contributed by atoms with van der Waals surface area (Å²) in [7, 11) is 0. The molecule has 0 saturated carbocycles. The van der Waals surface area contributed by atoms with E-state index in [2.05, 4.69) is 154 Å². The normalized spacial score (nSPS) is 18.3. The average molecular weight is 539 g/mol. The lowest BCUT2D eigenvalue weighted by Crippen LogP contribution is -2.19. The molecule has 0 fully saturated rings. The minimum Gasteiger partial charge on any atom is -0.0856 e. The maximum Gasteiger partial charge on any atom is -0.0104 e. The second kappa shape index (κ2) is 19.3. The molecule has 0 saturated heterocycles. The Bertz CT molecular complexity index is 1130. The second-order valence-electron chi connectivity index (χ2n) is 12.5. The zero-order valence-corrected chi connectivity index (χ0v) is 27.5. The average Bonchev–Trinajstić information content (AvgIpc) is 2.85. The van der Waals surface area contributed by atoms with E-state index in [9.17, 15) is 0 Å². The highest BCUT2D eigenvalue weighted by atomic mass is 14.3. The van der Waals surface area contributed by atoms with Crippen LogP contribution in [-0.2, 0) is 0 Å². The van der Waals surface area contributed by atoms with Gasteiger partial charge in [0, 0.05) is 0 Å². The summed E-state index contributed by atoms with van der Waals surface area (Å²) in [6.45, 7) is 22.3. The van der Waals surface area contributed by atoms with Gasteiger partial charge >= 0.3 is 0 Å². The van der Waals surface area contributed by atoms with E-state index >= 15 is 0 Å². The molecule has 0 heterocycles. The largest absolute Gasteiger partial charge is 0.0856 e. The first kappa shape index (κ1) is 35.2. The fraction of sp³-hybridized carbons (Fsp3) is 0.450. The van der Waals surface area contributed by atoms with Gasteiger partial charge in [-0.25, -0.2) is 0 Å². The molecule has 1 aliphatic carbocycles. The number of rotatable bonds is 14. The Morgan fingerprint density at radius 2 is 1.18 bits per heavy atom. The number of hydrogen-bond donors (Lipinski definition) is 0. The molecular weight excluding hydrogens is 480 g/mol. The summed E-state index contributed by atoms with van der Waals surface area (Å²) in [5.41, 5.74) is 11.4. The third-order valence-electron chi connectivity index (χ3n) is 7.47. The molecule has 0 amide bonds. The van der Waals surface area contributed by atoms with Gasteiger partial charge < -0.3 is 0 Å². The highest BCUT2D eigenvalue weighted by Gasteiger charge is 2.26. The molecule has 40 heavy (non-hydrogen) atoms. The van der Waals surface area contributed by atoms with E-state index in [1.807, 2.05) is 0 Å². The van der Waals surface area contributed by atoms with Gasteiger partial charge in [0.05, 0.1) is 0 Å². The molecule has 1 rings (SSSR count). The molecule has 0 nitrogen and oxygen atoms in total. The second-order valence-corrected chi connectivity index (χ2v) is 12.5. The molecule has 0 unspecified atom stereocenters. The molecule has 0 N–H and O–H groups in total. The molecule has 0 aliphatic heterocycles. The molecule has 0 aromatic heterocycles. The van der Waals surface area contributed by atoms with Gasteiger partial charge in [0.15, 0.2) is 0 Å². The molecule has 0 aromatic carbocycles. The van der Waals surface area contributed by atoms with E-state index in [1.165, 1.54) is 64.7 Å². The van der Waals surface area contributed by atoms with Crippen LogP contribution in [0.25, 0.3) is 0 Å². The molecule has 0 spiro atoms. The van der Waals surface area contributed by atoms with Crippen LogP contribution in [0.2, 0.25) is 0 Å². The van der Waals surface area contributed by atoms with E-state index < -0.39 is 0 Å². The van der Waals surface area contributed by atoms with Crippen molar-refractivity contribution >= 4 is 0 Å².